The summed E-state index contributed by atoms with van der Waals surface area (Å²) >= 11 is 6.26. The molecule has 0 saturated heterocycles. The van der Waals surface area contributed by atoms with Crippen molar-refractivity contribution in [2.24, 2.45) is 0 Å². The quantitative estimate of drug-likeness (QED) is 0.487. The van der Waals surface area contributed by atoms with E-state index in [0.29, 0.717) is 12.5 Å². The molecule has 0 bridgehead atoms. The normalized spacial score (nSPS) is 15.3. The molecular weight excluding hydrogens is 382 g/mol. The summed E-state index contributed by atoms with van der Waals surface area (Å²) in [6, 6.07) is 12.2. The maximum Gasteiger partial charge on any atom is 0.220 e. The second kappa shape index (κ2) is 9.45. The molecule has 1 aliphatic carbocycles. The second-order valence-corrected chi connectivity index (χ2v) is 8.43. The average molecular weight is 410 g/mol. The predicted octanol–water partition coefficient (Wildman–Crippen LogP) is 6.05. The summed E-state index contributed by atoms with van der Waals surface area (Å²) < 4.78 is 0. The summed E-state index contributed by atoms with van der Waals surface area (Å²) in [7, 11) is 0. The molecule has 1 amide bonds. The van der Waals surface area contributed by atoms with E-state index in [-0.39, 0.29) is 5.91 Å². The lowest BCUT2D eigenvalue weighted by Crippen LogP contribution is -2.34. The third-order valence-electron chi connectivity index (χ3n) is 5.84. The van der Waals surface area contributed by atoms with Crippen LogP contribution in [-0.2, 0) is 11.2 Å². The number of carbonyl (C=O) groups excluding carboxylic acids is 1. The highest BCUT2D eigenvalue weighted by Gasteiger charge is 2.17. The fourth-order valence-electron chi connectivity index (χ4n) is 4.36. The van der Waals surface area contributed by atoms with E-state index >= 15 is 0 Å². The Kier molecular flexibility index (Phi) is 6.50. The van der Waals surface area contributed by atoms with Gasteiger partial charge >= 0.3 is 0 Å². The van der Waals surface area contributed by atoms with Crippen molar-refractivity contribution >= 4 is 28.4 Å². The Labute approximate surface area is 177 Å². The Hall–Kier alpha value is -2.33. The zero-order valence-electron chi connectivity index (χ0n) is 16.7. The summed E-state index contributed by atoms with van der Waals surface area (Å²) in [5.74, 6) is 0.175. The van der Waals surface area contributed by atoms with Crippen LogP contribution in [0, 0.1) is 0 Å². The molecule has 5 heteroatoms. The van der Waals surface area contributed by atoms with Gasteiger partial charge in [0.2, 0.25) is 5.91 Å². The van der Waals surface area contributed by atoms with Crippen LogP contribution in [0.1, 0.15) is 56.9 Å². The van der Waals surface area contributed by atoms with E-state index in [4.69, 9.17) is 11.6 Å². The van der Waals surface area contributed by atoms with Crippen molar-refractivity contribution in [1.29, 1.82) is 0 Å². The first-order valence-electron chi connectivity index (χ1n) is 10.7. The molecule has 2 aromatic heterocycles. The number of aryl methyl sites for hydroxylation is 1. The Morgan fingerprint density at radius 2 is 1.97 bits per heavy atom. The van der Waals surface area contributed by atoms with Crippen LogP contribution in [0.15, 0.2) is 42.6 Å². The highest BCUT2D eigenvalue weighted by Crippen LogP contribution is 2.32. The molecule has 0 aliphatic heterocycles. The number of nitrogens with zero attached hydrogens (tertiary/aromatic N) is 1. The number of carbonyl (C=O) groups is 1. The van der Waals surface area contributed by atoms with E-state index in [1.54, 1.807) is 6.20 Å². The summed E-state index contributed by atoms with van der Waals surface area (Å²) in [6.45, 7) is 0. The minimum absolute atomic E-state index is 0.175. The van der Waals surface area contributed by atoms with Gasteiger partial charge in [0.1, 0.15) is 0 Å². The first kappa shape index (κ1) is 20.0. The van der Waals surface area contributed by atoms with Gasteiger partial charge in [-0.3, -0.25) is 9.78 Å². The number of nitrogens with one attached hydrogen (secondary N) is 2. The van der Waals surface area contributed by atoms with Gasteiger partial charge in [0.05, 0.1) is 11.4 Å². The number of aromatic amines is 1. The molecule has 1 aromatic carbocycles. The molecule has 0 unspecified atom stereocenters. The molecule has 2 heterocycles. The number of fused-ring (bicyclic) bond motifs is 1. The Morgan fingerprint density at radius 1 is 1.14 bits per heavy atom. The molecule has 4 nitrogen and oxygen atoms in total. The number of aromatic nitrogens is 2. The van der Waals surface area contributed by atoms with Crippen molar-refractivity contribution < 1.29 is 4.79 Å². The average Bonchev–Trinajstić information content (AvgIpc) is 2.89. The first-order chi connectivity index (χ1) is 14.2. The third-order valence-corrected chi connectivity index (χ3v) is 6.08. The standard InChI is InChI=1S/C24H28ClN3O/c25-17-13-14-21-20(16-17)19(24(28-21)22-11-5-6-15-26-22)10-7-12-23(29)27-18-8-3-1-2-4-9-18/h5-6,11,13-16,18,28H,1-4,7-10,12H2,(H,27,29). The maximum absolute atomic E-state index is 12.5. The van der Waals surface area contributed by atoms with Crippen molar-refractivity contribution in [3.63, 3.8) is 0 Å². The Morgan fingerprint density at radius 3 is 2.72 bits per heavy atom. The van der Waals surface area contributed by atoms with Crippen LogP contribution in [-0.4, -0.2) is 21.9 Å². The van der Waals surface area contributed by atoms with E-state index in [2.05, 4.69) is 15.3 Å². The largest absolute Gasteiger partial charge is 0.353 e. The predicted molar refractivity (Wildman–Crippen MR) is 119 cm³/mol. The van der Waals surface area contributed by atoms with Crippen molar-refractivity contribution in [2.75, 3.05) is 0 Å². The van der Waals surface area contributed by atoms with Crippen molar-refractivity contribution in [1.82, 2.24) is 15.3 Å². The van der Waals surface area contributed by atoms with E-state index in [1.165, 1.54) is 31.2 Å². The number of hydrogen-bond donors (Lipinski definition) is 2. The van der Waals surface area contributed by atoms with Crippen molar-refractivity contribution in [3.8, 4) is 11.4 Å². The molecule has 0 radical (unpaired) electrons. The Balaban J connectivity index is 1.47. The van der Waals surface area contributed by atoms with E-state index in [0.717, 1.165) is 53.0 Å². The van der Waals surface area contributed by atoms with Crippen LogP contribution < -0.4 is 5.32 Å². The number of benzene rings is 1. The number of pyridine rings is 1. The first-order valence-corrected chi connectivity index (χ1v) is 11.1. The van der Waals surface area contributed by atoms with Gasteiger partial charge in [-0.1, -0.05) is 43.4 Å². The van der Waals surface area contributed by atoms with Crippen LogP contribution in [0.3, 0.4) is 0 Å². The molecule has 3 aromatic rings. The zero-order chi connectivity index (χ0) is 20.1. The molecule has 1 saturated carbocycles. The molecule has 152 valence electrons. The monoisotopic (exact) mass is 409 g/mol. The summed E-state index contributed by atoms with van der Waals surface area (Å²) in [5.41, 5.74) is 4.17. The zero-order valence-corrected chi connectivity index (χ0v) is 17.5. The number of H-pyrrole nitrogens is 1. The van der Waals surface area contributed by atoms with Crippen molar-refractivity contribution in [3.05, 3.63) is 53.2 Å². The van der Waals surface area contributed by atoms with Crippen LogP contribution >= 0.6 is 11.6 Å². The lowest BCUT2D eigenvalue weighted by molar-refractivity contribution is -0.121. The molecule has 2 N–H and O–H groups in total. The van der Waals surface area contributed by atoms with E-state index in [1.807, 2.05) is 36.4 Å². The van der Waals surface area contributed by atoms with E-state index in [9.17, 15) is 4.79 Å². The summed E-state index contributed by atoms with van der Waals surface area (Å²) in [4.78, 5) is 20.5. The van der Waals surface area contributed by atoms with Crippen LogP contribution in [0.5, 0.6) is 0 Å². The highest BCUT2D eigenvalue weighted by atomic mass is 35.5. The molecule has 1 aliphatic rings. The molecule has 0 atom stereocenters. The number of rotatable bonds is 6. The fraction of sp³-hybridized carbons (Fsp3) is 0.417. The van der Waals surface area contributed by atoms with Crippen molar-refractivity contribution in [2.45, 2.75) is 63.8 Å². The summed E-state index contributed by atoms with van der Waals surface area (Å²) in [5, 5.41) is 5.08. The number of hydrogen-bond acceptors (Lipinski definition) is 2. The molecular formula is C24H28ClN3O. The topological polar surface area (TPSA) is 57.8 Å². The fourth-order valence-corrected chi connectivity index (χ4v) is 4.53. The molecule has 0 spiro atoms. The maximum atomic E-state index is 12.5. The molecule has 4 rings (SSSR count). The van der Waals surface area contributed by atoms with Gasteiger partial charge in [-0.2, -0.15) is 0 Å². The lowest BCUT2D eigenvalue weighted by Gasteiger charge is -2.16. The van der Waals surface area contributed by atoms with Crippen LogP contribution in [0.25, 0.3) is 22.3 Å². The smallest absolute Gasteiger partial charge is 0.220 e. The van der Waals surface area contributed by atoms with Gasteiger partial charge in [0, 0.05) is 34.6 Å². The molecule has 1 fully saturated rings. The minimum Gasteiger partial charge on any atom is -0.353 e. The minimum atomic E-state index is 0.175. The number of amides is 1. The SMILES string of the molecule is O=C(CCCc1c(-c2ccccn2)[nH]c2ccc(Cl)cc12)NC1CCCCCC1. The highest BCUT2D eigenvalue weighted by molar-refractivity contribution is 6.31. The third kappa shape index (κ3) is 4.99. The molecule has 29 heavy (non-hydrogen) atoms. The van der Waals surface area contributed by atoms with Crippen LogP contribution in [0.2, 0.25) is 5.02 Å². The Bertz CT molecular complexity index is 959. The van der Waals surface area contributed by atoms with Gasteiger partial charge in [-0.15, -0.1) is 0 Å². The van der Waals surface area contributed by atoms with Gasteiger partial charge in [0.15, 0.2) is 0 Å². The lowest BCUT2D eigenvalue weighted by atomic mass is 10.0. The van der Waals surface area contributed by atoms with Crippen LogP contribution in [0.4, 0.5) is 0 Å². The van der Waals surface area contributed by atoms with E-state index < -0.39 is 0 Å². The van der Waals surface area contributed by atoms with Gasteiger partial charge in [0.25, 0.3) is 0 Å². The van der Waals surface area contributed by atoms with Gasteiger partial charge < -0.3 is 10.3 Å². The summed E-state index contributed by atoms with van der Waals surface area (Å²) in [6.07, 6.45) is 11.3. The number of halogens is 1. The van der Waals surface area contributed by atoms with Gasteiger partial charge in [-0.05, 0) is 61.6 Å². The van der Waals surface area contributed by atoms with Gasteiger partial charge in [-0.25, -0.2) is 0 Å². The second-order valence-electron chi connectivity index (χ2n) is 7.99.